The van der Waals surface area contributed by atoms with Crippen LogP contribution in [0.25, 0.3) is 0 Å². The van der Waals surface area contributed by atoms with E-state index in [-0.39, 0.29) is 5.56 Å². The molecule has 0 radical (unpaired) electrons. The van der Waals surface area contributed by atoms with E-state index in [0.717, 1.165) is 6.07 Å². The van der Waals surface area contributed by atoms with Crippen LogP contribution in [0.15, 0.2) is 48.5 Å². The third-order valence-electron chi connectivity index (χ3n) is 3.37. The average Bonchev–Trinajstić information content (AvgIpc) is 2.52. The minimum atomic E-state index is -5.68. The van der Waals surface area contributed by atoms with Crippen LogP contribution >= 0.6 is 0 Å². The molecule has 0 aliphatic heterocycles. The molecular formula is C18H10F6O2. The molecule has 26 heavy (non-hydrogen) atoms. The standard InChI is InChI=1S/C18H10F6O2/c19-17(20,21)15(18(22,23)24)13-9-8-12(10-14(13)16(25)26)7-6-11-4-2-1-3-5-11/h1-5,8-10,15H,(H,25,26). The van der Waals surface area contributed by atoms with Gasteiger partial charge in [0.1, 0.15) is 0 Å². The van der Waals surface area contributed by atoms with Crippen LogP contribution < -0.4 is 0 Å². The van der Waals surface area contributed by atoms with Gasteiger partial charge >= 0.3 is 18.3 Å². The van der Waals surface area contributed by atoms with E-state index in [2.05, 4.69) is 11.8 Å². The molecule has 2 rings (SSSR count). The molecule has 2 aromatic rings. The van der Waals surface area contributed by atoms with E-state index >= 15 is 0 Å². The van der Waals surface area contributed by atoms with E-state index in [1.807, 2.05) is 0 Å². The Morgan fingerprint density at radius 3 is 1.88 bits per heavy atom. The van der Waals surface area contributed by atoms with Crippen LogP contribution in [0.2, 0.25) is 0 Å². The SMILES string of the molecule is O=C(O)c1cc(C#Cc2ccccc2)ccc1C(C(F)(F)F)C(F)(F)F. The maximum Gasteiger partial charge on any atom is 0.404 e. The lowest BCUT2D eigenvalue weighted by molar-refractivity contribution is -0.253. The summed E-state index contributed by atoms with van der Waals surface area (Å²) in [6.45, 7) is 0. The fourth-order valence-corrected chi connectivity index (χ4v) is 2.28. The molecule has 2 aromatic carbocycles. The lowest BCUT2D eigenvalue weighted by Crippen LogP contribution is -2.35. The van der Waals surface area contributed by atoms with Crippen molar-refractivity contribution in [2.24, 2.45) is 0 Å². The number of carbonyl (C=O) groups is 1. The highest BCUT2D eigenvalue weighted by Gasteiger charge is 2.58. The Hall–Kier alpha value is -2.95. The Bertz CT molecular complexity index is 843. The Morgan fingerprint density at radius 2 is 1.38 bits per heavy atom. The zero-order valence-corrected chi connectivity index (χ0v) is 12.8. The molecule has 0 amide bonds. The fraction of sp³-hybridized carbons (Fsp3) is 0.167. The number of hydrogen-bond acceptors (Lipinski definition) is 1. The van der Waals surface area contributed by atoms with Gasteiger partial charge in [0, 0.05) is 11.1 Å². The van der Waals surface area contributed by atoms with E-state index in [4.69, 9.17) is 5.11 Å². The molecule has 0 spiro atoms. The maximum atomic E-state index is 12.9. The highest BCUT2D eigenvalue weighted by Crippen LogP contribution is 2.47. The van der Waals surface area contributed by atoms with Crippen LogP contribution in [0, 0.1) is 11.8 Å². The van der Waals surface area contributed by atoms with Crippen molar-refractivity contribution in [1.82, 2.24) is 0 Å². The second kappa shape index (κ2) is 7.12. The minimum Gasteiger partial charge on any atom is -0.478 e. The molecule has 0 saturated heterocycles. The van der Waals surface area contributed by atoms with Crippen LogP contribution in [0.1, 0.15) is 33.0 Å². The molecule has 2 nitrogen and oxygen atoms in total. The molecule has 0 atom stereocenters. The van der Waals surface area contributed by atoms with Gasteiger partial charge in [0.15, 0.2) is 5.92 Å². The Kier molecular flexibility index (Phi) is 5.30. The quantitative estimate of drug-likeness (QED) is 0.596. The number of rotatable bonds is 2. The first-order valence-corrected chi connectivity index (χ1v) is 7.08. The maximum absolute atomic E-state index is 12.9. The first kappa shape index (κ1) is 19.4. The van der Waals surface area contributed by atoms with Crippen molar-refractivity contribution in [1.29, 1.82) is 0 Å². The molecule has 0 unspecified atom stereocenters. The summed E-state index contributed by atoms with van der Waals surface area (Å²) in [5, 5.41) is 9.07. The molecule has 0 bridgehead atoms. The van der Waals surface area contributed by atoms with Crippen LogP contribution in [0.3, 0.4) is 0 Å². The van der Waals surface area contributed by atoms with Crippen molar-refractivity contribution in [2.75, 3.05) is 0 Å². The first-order chi connectivity index (χ1) is 12.0. The highest BCUT2D eigenvalue weighted by atomic mass is 19.4. The molecule has 0 saturated carbocycles. The molecule has 8 heteroatoms. The number of carboxylic acid groups (broad SMARTS) is 1. The van der Waals surface area contributed by atoms with Gasteiger partial charge in [0.2, 0.25) is 0 Å². The number of benzene rings is 2. The van der Waals surface area contributed by atoms with E-state index in [1.54, 1.807) is 30.3 Å². The van der Waals surface area contributed by atoms with Gasteiger partial charge in [-0.2, -0.15) is 26.3 Å². The van der Waals surface area contributed by atoms with Gasteiger partial charge in [0.25, 0.3) is 0 Å². The second-order valence-electron chi connectivity index (χ2n) is 5.24. The van der Waals surface area contributed by atoms with E-state index in [0.29, 0.717) is 17.7 Å². The summed E-state index contributed by atoms with van der Waals surface area (Å²) in [5.41, 5.74) is -1.93. The van der Waals surface area contributed by atoms with Crippen molar-refractivity contribution in [3.8, 4) is 11.8 Å². The molecular weight excluding hydrogens is 362 g/mol. The van der Waals surface area contributed by atoms with Gasteiger partial charge in [-0.15, -0.1) is 0 Å². The molecule has 136 valence electrons. The Morgan fingerprint density at radius 1 is 0.846 bits per heavy atom. The van der Waals surface area contributed by atoms with Crippen molar-refractivity contribution in [2.45, 2.75) is 18.3 Å². The summed E-state index contributed by atoms with van der Waals surface area (Å²) in [6, 6.07) is 10.5. The summed E-state index contributed by atoms with van der Waals surface area (Å²) in [7, 11) is 0. The normalized spacial score (nSPS) is 11.8. The Balaban J connectivity index is 2.53. The second-order valence-corrected chi connectivity index (χ2v) is 5.24. The number of aromatic carboxylic acids is 1. The third kappa shape index (κ3) is 4.57. The summed E-state index contributed by atoms with van der Waals surface area (Å²) in [4.78, 5) is 11.2. The van der Waals surface area contributed by atoms with Gasteiger partial charge in [-0.25, -0.2) is 4.79 Å². The van der Waals surface area contributed by atoms with E-state index in [1.165, 1.54) is 0 Å². The lowest BCUT2D eigenvalue weighted by Gasteiger charge is -2.24. The highest BCUT2D eigenvalue weighted by molar-refractivity contribution is 5.90. The van der Waals surface area contributed by atoms with Gasteiger partial charge in [-0.3, -0.25) is 0 Å². The zero-order valence-electron chi connectivity index (χ0n) is 12.8. The largest absolute Gasteiger partial charge is 0.478 e. The van der Waals surface area contributed by atoms with Gasteiger partial charge in [-0.1, -0.05) is 36.1 Å². The summed E-state index contributed by atoms with van der Waals surface area (Å²) in [6.07, 6.45) is -11.4. The number of halogens is 6. The van der Waals surface area contributed by atoms with Gasteiger partial charge < -0.3 is 5.11 Å². The monoisotopic (exact) mass is 372 g/mol. The van der Waals surface area contributed by atoms with Crippen LogP contribution in [0.4, 0.5) is 26.3 Å². The molecule has 0 aliphatic carbocycles. The summed E-state index contributed by atoms with van der Waals surface area (Å²) < 4.78 is 77.2. The van der Waals surface area contributed by atoms with Crippen LogP contribution in [-0.4, -0.2) is 23.4 Å². The molecule has 0 fully saturated rings. The average molecular weight is 372 g/mol. The summed E-state index contributed by atoms with van der Waals surface area (Å²) >= 11 is 0. The van der Waals surface area contributed by atoms with E-state index in [9.17, 15) is 31.1 Å². The summed E-state index contributed by atoms with van der Waals surface area (Å²) in [5.74, 6) is -0.620. The van der Waals surface area contributed by atoms with Crippen LogP contribution in [0.5, 0.6) is 0 Å². The zero-order chi connectivity index (χ0) is 19.5. The van der Waals surface area contributed by atoms with Crippen molar-refractivity contribution < 1.29 is 36.2 Å². The fourth-order valence-electron chi connectivity index (χ4n) is 2.28. The predicted molar refractivity (Wildman–Crippen MR) is 80.7 cm³/mol. The van der Waals surface area contributed by atoms with Crippen molar-refractivity contribution >= 4 is 5.97 Å². The molecule has 1 N–H and O–H groups in total. The molecule has 0 aromatic heterocycles. The topological polar surface area (TPSA) is 37.3 Å². The van der Waals surface area contributed by atoms with Crippen molar-refractivity contribution in [3.63, 3.8) is 0 Å². The molecule has 0 aliphatic rings. The van der Waals surface area contributed by atoms with Gasteiger partial charge in [-0.05, 0) is 29.8 Å². The molecule has 0 heterocycles. The smallest absolute Gasteiger partial charge is 0.404 e. The number of alkyl halides is 6. The first-order valence-electron chi connectivity index (χ1n) is 7.08. The van der Waals surface area contributed by atoms with E-state index < -0.39 is 35.4 Å². The minimum absolute atomic E-state index is 0.0156. The predicted octanol–water partition coefficient (Wildman–Crippen LogP) is 4.99. The van der Waals surface area contributed by atoms with Crippen molar-refractivity contribution in [3.05, 3.63) is 70.8 Å². The van der Waals surface area contributed by atoms with Crippen LogP contribution in [-0.2, 0) is 0 Å². The number of hydrogen-bond donors (Lipinski definition) is 1. The number of carboxylic acids is 1. The Labute approximate surface area is 144 Å². The van der Waals surface area contributed by atoms with Gasteiger partial charge in [0.05, 0.1) is 5.56 Å². The third-order valence-corrected chi connectivity index (χ3v) is 3.37. The lowest BCUT2D eigenvalue weighted by atomic mass is 9.91.